The molecule has 0 aliphatic heterocycles. The highest BCUT2D eigenvalue weighted by Crippen LogP contribution is 2.24. The van der Waals surface area contributed by atoms with E-state index in [1.54, 1.807) is 13.0 Å². The first-order valence-electron chi connectivity index (χ1n) is 3.88. The molecule has 11 heavy (non-hydrogen) atoms. The lowest BCUT2D eigenvalue weighted by molar-refractivity contribution is 0.414. The van der Waals surface area contributed by atoms with Gasteiger partial charge in [-0.1, -0.05) is 32.4 Å². The minimum Gasteiger partial charge on any atom is -0.513 e. The Bertz CT molecular complexity index is 176. The summed E-state index contributed by atoms with van der Waals surface area (Å²) in [5.74, 6) is 0.355. The Labute approximate surface area is 69.4 Å². The van der Waals surface area contributed by atoms with E-state index in [0.717, 1.165) is 0 Å². The van der Waals surface area contributed by atoms with E-state index in [4.69, 9.17) is 5.11 Å². The van der Waals surface area contributed by atoms with E-state index in [9.17, 15) is 0 Å². The van der Waals surface area contributed by atoms with Crippen LogP contribution in [-0.2, 0) is 0 Å². The number of aliphatic hydroxyl groups excluding tert-OH is 1. The zero-order valence-corrected chi connectivity index (χ0v) is 8.10. The molecule has 1 nitrogen and oxygen atoms in total. The fourth-order valence-electron chi connectivity index (χ4n) is 0.496. The molecule has 0 unspecified atom stereocenters. The maximum Gasteiger partial charge on any atom is 0.0891 e. The molecule has 0 fully saturated rings. The molecule has 1 heteroatoms. The van der Waals surface area contributed by atoms with Crippen LogP contribution >= 0.6 is 0 Å². The second-order valence-corrected chi connectivity index (χ2v) is 3.91. The van der Waals surface area contributed by atoms with E-state index in [-0.39, 0.29) is 5.41 Å². The number of aliphatic hydroxyl groups is 1. The van der Waals surface area contributed by atoms with Crippen molar-refractivity contribution < 1.29 is 5.11 Å². The van der Waals surface area contributed by atoms with Crippen LogP contribution in [0.4, 0.5) is 0 Å². The van der Waals surface area contributed by atoms with Gasteiger partial charge in [-0.05, 0) is 25.3 Å². The van der Waals surface area contributed by atoms with Crippen LogP contribution in [0.5, 0.6) is 0 Å². The van der Waals surface area contributed by atoms with Gasteiger partial charge in [0, 0.05) is 0 Å². The van der Waals surface area contributed by atoms with Crippen molar-refractivity contribution in [2.45, 2.75) is 34.6 Å². The molecule has 0 atom stereocenters. The molecular formula is C10H18O. The molecule has 0 aromatic rings. The molecule has 0 aliphatic rings. The van der Waals surface area contributed by atoms with Crippen LogP contribution in [0.2, 0.25) is 0 Å². The summed E-state index contributed by atoms with van der Waals surface area (Å²) in [6.07, 6.45) is 3.68. The Morgan fingerprint density at radius 1 is 1.09 bits per heavy atom. The van der Waals surface area contributed by atoms with Crippen molar-refractivity contribution in [1.82, 2.24) is 0 Å². The standard InChI is InChI=1S/C10H18O/c1-8(10(3,4)5)6-7-9(2)11/h6-7,11H,1-5H3/b8-6+,9-7+. The Kier molecular flexibility index (Phi) is 3.37. The van der Waals surface area contributed by atoms with Crippen molar-refractivity contribution in [3.8, 4) is 0 Å². The average Bonchev–Trinajstić information content (AvgIpc) is 1.80. The summed E-state index contributed by atoms with van der Waals surface area (Å²) in [6, 6.07) is 0. The minimum atomic E-state index is 0.200. The van der Waals surface area contributed by atoms with Gasteiger partial charge >= 0.3 is 0 Å². The van der Waals surface area contributed by atoms with E-state index in [0.29, 0.717) is 5.76 Å². The summed E-state index contributed by atoms with van der Waals surface area (Å²) in [5, 5.41) is 8.88. The second kappa shape index (κ2) is 3.61. The molecule has 0 radical (unpaired) electrons. The molecule has 0 spiro atoms. The molecule has 0 heterocycles. The van der Waals surface area contributed by atoms with Crippen LogP contribution in [0.1, 0.15) is 34.6 Å². The third-order valence-corrected chi connectivity index (χ3v) is 1.76. The largest absolute Gasteiger partial charge is 0.513 e. The van der Waals surface area contributed by atoms with E-state index >= 15 is 0 Å². The van der Waals surface area contributed by atoms with Crippen LogP contribution in [0.3, 0.4) is 0 Å². The van der Waals surface area contributed by atoms with Gasteiger partial charge in [-0.3, -0.25) is 0 Å². The number of rotatable bonds is 1. The Morgan fingerprint density at radius 3 is 1.82 bits per heavy atom. The highest BCUT2D eigenvalue weighted by atomic mass is 16.3. The molecule has 0 aromatic heterocycles. The van der Waals surface area contributed by atoms with Crippen LogP contribution in [0.25, 0.3) is 0 Å². The molecule has 0 saturated carbocycles. The lowest BCUT2D eigenvalue weighted by Crippen LogP contribution is -2.05. The topological polar surface area (TPSA) is 20.2 Å². The quantitative estimate of drug-likeness (QED) is 0.453. The average molecular weight is 154 g/mol. The van der Waals surface area contributed by atoms with Gasteiger partial charge in [-0.15, -0.1) is 0 Å². The summed E-state index contributed by atoms with van der Waals surface area (Å²) in [7, 11) is 0. The van der Waals surface area contributed by atoms with E-state index < -0.39 is 0 Å². The summed E-state index contributed by atoms with van der Waals surface area (Å²) < 4.78 is 0. The predicted octanol–water partition coefficient (Wildman–Crippen LogP) is 3.44. The third-order valence-electron chi connectivity index (χ3n) is 1.76. The van der Waals surface area contributed by atoms with Gasteiger partial charge in [0.1, 0.15) is 0 Å². The molecule has 0 rings (SSSR count). The maximum atomic E-state index is 8.88. The smallest absolute Gasteiger partial charge is 0.0891 e. The van der Waals surface area contributed by atoms with Crippen molar-refractivity contribution in [1.29, 1.82) is 0 Å². The second-order valence-electron chi connectivity index (χ2n) is 3.91. The zero-order valence-electron chi connectivity index (χ0n) is 8.10. The summed E-state index contributed by atoms with van der Waals surface area (Å²) >= 11 is 0. The van der Waals surface area contributed by atoms with Crippen LogP contribution in [-0.4, -0.2) is 5.11 Å². The molecule has 0 amide bonds. The van der Waals surface area contributed by atoms with Gasteiger partial charge in [0.15, 0.2) is 0 Å². The fraction of sp³-hybridized carbons (Fsp3) is 0.600. The SMILES string of the molecule is C/C(O)=C\C=C(/C)C(C)(C)C. The Balaban J connectivity index is 4.36. The first-order valence-corrected chi connectivity index (χ1v) is 3.88. The number of hydrogen-bond donors (Lipinski definition) is 1. The van der Waals surface area contributed by atoms with E-state index in [1.807, 2.05) is 6.08 Å². The van der Waals surface area contributed by atoms with Gasteiger partial charge in [0.25, 0.3) is 0 Å². The first-order chi connectivity index (χ1) is 4.84. The van der Waals surface area contributed by atoms with Crippen LogP contribution in [0.15, 0.2) is 23.5 Å². The Hall–Kier alpha value is -0.720. The zero-order chi connectivity index (χ0) is 9.07. The summed E-state index contributed by atoms with van der Waals surface area (Å²) in [5.41, 5.74) is 1.47. The monoisotopic (exact) mass is 154 g/mol. The third kappa shape index (κ3) is 4.65. The van der Waals surface area contributed by atoms with Crippen molar-refractivity contribution in [2.75, 3.05) is 0 Å². The van der Waals surface area contributed by atoms with Gasteiger partial charge in [-0.25, -0.2) is 0 Å². The van der Waals surface area contributed by atoms with Crippen LogP contribution < -0.4 is 0 Å². The predicted molar refractivity (Wildman–Crippen MR) is 49.6 cm³/mol. The molecular weight excluding hydrogens is 136 g/mol. The maximum absolute atomic E-state index is 8.88. The molecule has 0 bridgehead atoms. The normalized spacial score (nSPS) is 15.4. The minimum absolute atomic E-state index is 0.200. The van der Waals surface area contributed by atoms with E-state index in [1.165, 1.54) is 5.57 Å². The van der Waals surface area contributed by atoms with E-state index in [2.05, 4.69) is 27.7 Å². The fourth-order valence-corrected chi connectivity index (χ4v) is 0.496. The number of allylic oxidation sites excluding steroid dienone is 4. The van der Waals surface area contributed by atoms with Gasteiger partial charge in [-0.2, -0.15) is 0 Å². The van der Waals surface area contributed by atoms with Crippen molar-refractivity contribution >= 4 is 0 Å². The highest BCUT2D eigenvalue weighted by Gasteiger charge is 2.10. The van der Waals surface area contributed by atoms with Gasteiger partial charge in [0.2, 0.25) is 0 Å². The van der Waals surface area contributed by atoms with Crippen molar-refractivity contribution in [3.05, 3.63) is 23.5 Å². The summed E-state index contributed by atoms with van der Waals surface area (Å²) in [6.45, 7) is 10.2. The lowest BCUT2D eigenvalue weighted by atomic mass is 9.87. The molecule has 0 aliphatic carbocycles. The lowest BCUT2D eigenvalue weighted by Gasteiger charge is -2.18. The molecule has 0 saturated heterocycles. The Morgan fingerprint density at radius 2 is 1.55 bits per heavy atom. The van der Waals surface area contributed by atoms with Crippen molar-refractivity contribution in [2.24, 2.45) is 5.41 Å². The van der Waals surface area contributed by atoms with Crippen molar-refractivity contribution in [3.63, 3.8) is 0 Å². The molecule has 1 N–H and O–H groups in total. The number of hydrogen-bond acceptors (Lipinski definition) is 1. The van der Waals surface area contributed by atoms with Gasteiger partial charge < -0.3 is 5.11 Å². The first kappa shape index (κ1) is 10.3. The van der Waals surface area contributed by atoms with Gasteiger partial charge in [0.05, 0.1) is 5.76 Å². The highest BCUT2D eigenvalue weighted by molar-refractivity contribution is 5.16. The van der Waals surface area contributed by atoms with Crippen LogP contribution in [0, 0.1) is 5.41 Å². The molecule has 0 aromatic carbocycles. The molecule has 64 valence electrons. The summed E-state index contributed by atoms with van der Waals surface area (Å²) in [4.78, 5) is 0.